The van der Waals surface area contributed by atoms with E-state index >= 15 is 0 Å². The number of Topliss-reactive ketones (excluding diaryl/α,β-unsaturated/α-hetero) is 1. The van der Waals surface area contributed by atoms with E-state index in [1.54, 1.807) is 6.26 Å². The van der Waals surface area contributed by atoms with Crippen molar-refractivity contribution >= 4 is 28.4 Å². The van der Waals surface area contributed by atoms with Crippen LogP contribution in [-0.4, -0.2) is 23.4 Å². The molecule has 0 fully saturated rings. The lowest BCUT2D eigenvalue weighted by Crippen LogP contribution is -2.18. The molecule has 21 heavy (non-hydrogen) atoms. The number of fused-ring (bicyclic) bond motifs is 1. The van der Waals surface area contributed by atoms with Gasteiger partial charge in [-0.05, 0) is 31.4 Å². The fraction of sp³-hybridized carbons (Fsp3) is 0.231. The van der Waals surface area contributed by atoms with Crippen molar-refractivity contribution in [3.63, 3.8) is 0 Å². The smallest absolute Gasteiger partial charge is 0.406 e. The van der Waals surface area contributed by atoms with Gasteiger partial charge >= 0.3 is 6.36 Å². The lowest BCUT2D eigenvalue weighted by Gasteiger charge is -2.11. The highest BCUT2D eigenvalue weighted by atomic mass is 32.2. The normalized spacial score (nSPS) is 11.7. The van der Waals surface area contributed by atoms with Crippen LogP contribution in [0.4, 0.5) is 13.2 Å². The Morgan fingerprint density at radius 3 is 2.52 bits per heavy atom. The predicted molar refractivity (Wildman–Crippen MR) is 73.0 cm³/mol. The molecule has 1 aromatic carbocycles. The number of benzene rings is 1. The summed E-state index contributed by atoms with van der Waals surface area (Å²) in [6, 6.07) is 3.38. The maximum absolute atomic E-state index is 12.3. The Bertz CT molecular complexity index is 768. The molecule has 1 aromatic heterocycles. The van der Waals surface area contributed by atoms with Gasteiger partial charge in [-0.15, -0.1) is 24.9 Å². The van der Waals surface area contributed by atoms with Gasteiger partial charge in [-0.1, -0.05) is 0 Å². The third kappa shape index (κ3) is 3.21. The van der Waals surface area contributed by atoms with Gasteiger partial charge in [0.25, 0.3) is 0 Å². The number of thioether (sulfide) groups is 1. The molecule has 2 aromatic rings. The molecular formula is C13H10F3NO3S. The molecule has 2 rings (SSSR count). The van der Waals surface area contributed by atoms with Crippen LogP contribution in [0.2, 0.25) is 0 Å². The lowest BCUT2D eigenvalue weighted by atomic mass is 10.1. The number of rotatable bonds is 3. The maximum Gasteiger partial charge on any atom is 0.573 e. The molecule has 1 heterocycles. The predicted octanol–water partition coefficient (Wildman–Crippen LogP) is 3.35. The van der Waals surface area contributed by atoms with Crippen molar-refractivity contribution in [1.29, 1.82) is 0 Å². The van der Waals surface area contributed by atoms with Crippen LogP contribution in [0.25, 0.3) is 10.9 Å². The monoisotopic (exact) mass is 317 g/mol. The van der Waals surface area contributed by atoms with Gasteiger partial charge in [-0.2, -0.15) is 0 Å². The average Bonchev–Trinajstić information content (AvgIpc) is 2.36. The Balaban J connectivity index is 2.70. The maximum atomic E-state index is 12.3. The van der Waals surface area contributed by atoms with Crippen LogP contribution in [0, 0.1) is 0 Å². The second kappa shape index (κ2) is 5.44. The number of carbonyl (C=O) groups is 1. The van der Waals surface area contributed by atoms with Crippen molar-refractivity contribution in [2.24, 2.45) is 0 Å². The van der Waals surface area contributed by atoms with Gasteiger partial charge < -0.3 is 9.72 Å². The number of hydrogen-bond acceptors (Lipinski definition) is 4. The summed E-state index contributed by atoms with van der Waals surface area (Å²) in [7, 11) is 0. The standard InChI is InChI=1S/C13H10F3NO3S/c1-6(18)10-11(19)8-5-7(20-13(14,15)16)3-4-9(8)17-12(10)21-2/h3-5H,1-2H3,(H,17,19). The average molecular weight is 317 g/mol. The van der Waals surface area contributed by atoms with E-state index in [1.807, 2.05) is 0 Å². The molecule has 0 radical (unpaired) electrons. The van der Waals surface area contributed by atoms with Crippen molar-refractivity contribution in [1.82, 2.24) is 4.98 Å². The molecule has 0 unspecified atom stereocenters. The third-order valence-electron chi connectivity index (χ3n) is 2.73. The second-order valence-corrected chi connectivity index (χ2v) is 4.99. The molecule has 0 saturated carbocycles. The van der Waals surface area contributed by atoms with E-state index in [-0.39, 0.29) is 10.9 Å². The molecule has 112 valence electrons. The highest BCUT2D eigenvalue weighted by Crippen LogP contribution is 2.26. The number of carbonyl (C=O) groups excluding carboxylic acids is 1. The van der Waals surface area contributed by atoms with Gasteiger partial charge in [-0.3, -0.25) is 9.59 Å². The van der Waals surface area contributed by atoms with Crippen molar-refractivity contribution in [2.45, 2.75) is 18.3 Å². The second-order valence-electron chi connectivity index (χ2n) is 4.17. The number of alkyl halides is 3. The van der Waals surface area contributed by atoms with Gasteiger partial charge in [0.1, 0.15) is 5.75 Å². The van der Waals surface area contributed by atoms with Gasteiger partial charge in [-0.25, -0.2) is 0 Å². The van der Waals surface area contributed by atoms with Crippen LogP contribution in [0.5, 0.6) is 5.75 Å². The van der Waals surface area contributed by atoms with Gasteiger partial charge in [0, 0.05) is 5.39 Å². The zero-order valence-corrected chi connectivity index (χ0v) is 11.8. The van der Waals surface area contributed by atoms with Crippen molar-refractivity contribution in [2.75, 3.05) is 6.26 Å². The topological polar surface area (TPSA) is 59.2 Å². The number of ether oxygens (including phenoxy) is 1. The quantitative estimate of drug-likeness (QED) is 0.697. The van der Waals surface area contributed by atoms with E-state index in [9.17, 15) is 22.8 Å². The molecule has 0 aliphatic carbocycles. The Hall–Kier alpha value is -1.96. The molecule has 8 heteroatoms. The Morgan fingerprint density at radius 1 is 1.33 bits per heavy atom. The number of H-pyrrole nitrogens is 1. The summed E-state index contributed by atoms with van der Waals surface area (Å²) in [6.07, 6.45) is -3.16. The summed E-state index contributed by atoms with van der Waals surface area (Å²) in [5, 5.41) is 0.351. The summed E-state index contributed by atoms with van der Waals surface area (Å²) in [5.41, 5.74) is -0.351. The molecule has 0 aliphatic heterocycles. The molecule has 0 spiro atoms. The highest BCUT2D eigenvalue weighted by molar-refractivity contribution is 7.98. The number of aromatic nitrogens is 1. The first-order valence-corrected chi connectivity index (χ1v) is 6.96. The number of hydrogen-bond donors (Lipinski definition) is 1. The van der Waals surface area contributed by atoms with Crippen LogP contribution >= 0.6 is 11.8 Å². The van der Waals surface area contributed by atoms with Gasteiger partial charge in [0.15, 0.2) is 5.78 Å². The Kier molecular flexibility index (Phi) is 3.99. The summed E-state index contributed by atoms with van der Waals surface area (Å²) >= 11 is 1.18. The minimum absolute atomic E-state index is 0.0280. The third-order valence-corrected chi connectivity index (χ3v) is 3.44. The first-order valence-electron chi connectivity index (χ1n) is 5.73. The lowest BCUT2D eigenvalue weighted by molar-refractivity contribution is -0.274. The zero-order valence-electron chi connectivity index (χ0n) is 11.0. The highest BCUT2D eigenvalue weighted by Gasteiger charge is 2.31. The first kappa shape index (κ1) is 15.4. The summed E-state index contributed by atoms with van der Waals surface area (Å²) in [5.74, 6) is -0.962. The molecule has 0 amide bonds. The summed E-state index contributed by atoms with van der Waals surface area (Å²) in [6.45, 7) is 1.23. The zero-order chi connectivity index (χ0) is 15.8. The van der Waals surface area contributed by atoms with Crippen LogP contribution in [0.1, 0.15) is 17.3 Å². The number of nitrogens with one attached hydrogen (secondary N) is 1. The number of ketones is 1. The van der Waals surface area contributed by atoms with E-state index in [2.05, 4.69) is 9.72 Å². The molecule has 0 saturated heterocycles. The summed E-state index contributed by atoms with van der Waals surface area (Å²) < 4.78 is 40.4. The van der Waals surface area contributed by atoms with Crippen LogP contribution < -0.4 is 10.2 Å². The molecule has 1 N–H and O–H groups in total. The fourth-order valence-electron chi connectivity index (χ4n) is 1.91. The van der Waals surface area contributed by atoms with Crippen molar-refractivity contribution < 1.29 is 22.7 Å². The van der Waals surface area contributed by atoms with Crippen LogP contribution in [0.3, 0.4) is 0 Å². The molecular weight excluding hydrogens is 307 g/mol. The Morgan fingerprint density at radius 2 is 2.00 bits per heavy atom. The SMILES string of the molecule is CSc1[nH]c2ccc(OC(F)(F)F)cc2c(=O)c1C(C)=O. The number of pyridine rings is 1. The van der Waals surface area contributed by atoms with Gasteiger partial charge in [0.2, 0.25) is 5.43 Å². The first-order chi connectivity index (χ1) is 9.73. The molecule has 0 aliphatic rings. The minimum atomic E-state index is -4.84. The number of aromatic amines is 1. The van der Waals surface area contributed by atoms with Crippen LogP contribution in [0.15, 0.2) is 28.0 Å². The number of halogens is 3. The molecule has 4 nitrogen and oxygen atoms in total. The van der Waals surface area contributed by atoms with E-state index in [0.29, 0.717) is 10.5 Å². The molecule has 0 bridgehead atoms. The van der Waals surface area contributed by atoms with Crippen molar-refractivity contribution in [3.05, 3.63) is 34.0 Å². The Labute approximate surface area is 121 Å². The van der Waals surface area contributed by atoms with E-state index < -0.39 is 23.3 Å². The molecule has 0 atom stereocenters. The van der Waals surface area contributed by atoms with E-state index in [1.165, 1.54) is 24.8 Å². The fourth-order valence-corrected chi connectivity index (χ4v) is 2.57. The minimum Gasteiger partial charge on any atom is -0.406 e. The van der Waals surface area contributed by atoms with Crippen LogP contribution in [-0.2, 0) is 0 Å². The van der Waals surface area contributed by atoms with Gasteiger partial charge in [0.05, 0.1) is 16.1 Å². The summed E-state index contributed by atoms with van der Waals surface area (Å²) in [4.78, 5) is 26.7. The largest absolute Gasteiger partial charge is 0.573 e. The van der Waals surface area contributed by atoms with E-state index in [0.717, 1.165) is 12.1 Å². The van der Waals surface area contributed by atoms with E-state index in [4.69, 9.17) is 0 Å². The van der Waals surface area contributed by atoms with Crippen molar-refractivity contribution in [3.8, 4) is 5.75 Å².